The van der Waals surface area contributed by atoms with E-state index in [-0.39, 0.29) is 0 Å². The molecule has 2 aromatic rings. The highest BCUT2D eigenvalue weighted by Gasteiger charge is 1.99. The molecule has 0 amide bonds. The second kappa shape index (κ2) is 6.71. The van der Waals surface area contributed by atoms with Gasteiger partial charge in [-0.05, 0) is 58.5 Å². The van der Waals surface area contributed by atoms with E-state index in [1.165, 1.54) is 16.7 Å². The molecule has 0 aliphatic heterocycles. The van der Waals surface area contributed by atoms with Crippen LogP contribution in [0.25, 0.3) is 0 Å². The second-order valence-electron chi connectivity index (χ2n) is 4.67. The lowest BCUT2D eigenvalue weighted by atomic mass is 10.1. The number of nitrogens with zero attached hydrogens (tertiary/aromatic N) is 1. The molecule has 3 heteroatoms. The third kappa shape index (κ3) is 4.06. The minimum absolute atomic E-state index is 0.902. The monoisotopic (exact) mass is 318 g/mol. The molecule has 1 aromatic heterocycles. The second-order valence-corrected chi connectivity index (χ2v) is 5.52. The van der Waals surface area contributed by atoms with E-state index >= 15 is 0 Å². The minimum atomic E-state index is 0.902. The van der Waals surface area contributed by atoms with Gasteiger partial charge in [0.15, 0.2) is 0 Å². The average Bonchev–Trinajstić information content (AvgIpc) is 2.43. The summed E-state index contributed by atoms with van der Waals surface area (Å²) in [5.74, 6) is 0.936. The van der Waals surface area contributed by atoms with Crippen LogP contribution in [0, 0.1) is 6.92 Å². The molecule has 2 nitrogen and oxygen atoms in total. The van der Waals surface area contributed by atoms with Crippen molar-refractivity contribution in [3.05, 3.63) is 57.7 Å². The molecule has 0 radical (unpaired) electrons. The van der Waals surface area contributed by atoms with Gasteiger partial charge in [0.25, 0.3) is 0 Å². The molecule has 1 aromatic carbocycles. The van der Waals surface area contributed by atoms with E-state index in [0.29, 0.717) is 0 Å². The van der Waals surface area contributed by atoms with Crippen LogP contribution in [0.3, 0.4) is 0 Å². The molecule has 0 bridgehead atoms. The molecule has 1 N–H and O–H groups in total. The number of nitrogens with one attached hydrogen (secondary N) is 1. The Labute approximate surface area is 123 Å². The highest BCUT2D eigenvalue weighted by atomic mass is 79.9. The van der Waals surface area contributed by atoms with Crippen molar-refractivity contribution in [2.75, 3.05) is 11.9 Å². The normalized spacial score (nSPS) is 10.5. The van der Waals surface area contributed by atoms with Crippen molar-refractivity contribution in [1.29, 1.82) is 0 Å². The van der Waals surface area contributed by atoms with Gasteiger partial charge in [-0.2, -0.15) is 0 Å². The van der Waals surface area contributed by atoms with Gasteiger partial charge in [-0.15, -0.1) is 0 Å². The van der Waals surface area contributed by atoms with Gasteiger partial charge in [0.05, 0.1) is 0 Å². The van der Waals surface area contributed by atoms with Gasteiger partial charge in [0.1, 0.15) is 5.82 Å². The quantitative estimate of drug-likeness (QED) is 0.885. The van der Waals surface area contributed by atoms with Crippen molar-refractivity contribution in [2.24, 2.45) is 0 Å². The maximum absolute atomic E-state index is 4.34. The molecule has 100 valence electrons. The van der Waals surface area contributed by atoms with Crippen LogP contribution in [0.4, 0.5) is 5.82 Å². The zero-order valence-electron chi connectivity index (χ0n) is 11.4. The molecule has 2 rings (SSSR count). The van der Waals surface area contributed by atoms with E-state index in [2.05, 4.69) is 70.4 Å². The first kappa shape index (κ1) is 14.1. The lowest BCUT2D eigenvalue weighted by molar-refractivity contribution is 0.999. The van der Waals surface area contributed by atoms with Crippen LogP contribution < -0.4 is 5.32 Å². The molecule has 0 atom stereocenters. The van der Waals surface area contributed by atoms with Crippen molar-refractivity contribution < 1.29 is 0 Å². The number of benzene rings is 1. The molecule has 0 unspecified atom stereocenters. The zero-order valence-corrected chi connectivity index (χ0v) is 13.0. The summed E-state index contributed by atoms with van der Waals surface area (Å²) in [6.07, 6.45) is 3.95. The Morgan fingerprint density at radius 1 is 1.16 bits per heavy atom. The Hall–Kier alpha value is -1.35. The van der Waals surface area contributed by atoms with Gasteiger partial charge in [-0.3, -0.25) is 0 Å². The van der Waals surface area contributed by atoms with Crippen LogP contribution in [0.2, 0.25) is 0 Å². The number of halogens is 1. The van der Waals surface area contributed by atoms with E-state index in [1.54, 1.807) is 0 Å². The van der Waals surface area contributed by atoms with Crippen LogP contribution in [0.1, 0.15) is 23.6 Å². The number of hydrogen-bond acceptors (Lipinski definition) is 2. The molecule has 1 heterocycles. The molecule has 0 spiro atoms. The molecule has 0 aliphatic rings. The van der Waals surface area contributed by atoms with Gasteiger partial charge >= 0.3 is 0 Å². The van der Waals surface area contributed by atoms with E-state index in [9.17, 15) is 0 Å². The van der Waals surface area contributed by atoms with E-state index in [4.69, 9.17) is 0 Å². The molecular formula is C16H19BrN2. The first-order chi connectivity index (χ1) is 9.19. The predicted octanol–water partition coefficient (Wildman–Crippen LogP) is 4.37. The fourth-order valence-electron chi connectivity index (χ4n) is 1.91. The zero-order chi connectivity index (χ0) is 13.7. The van der Waals surface area contributed by atoms with Gasteiger partial charge in [0.2, 0.25) is 0 Å². The molecule has 0 saturated heterocycles. The first-order valence-corrected chi connectivity index (χ1v) is 7.42. The molecule has 0 aliphatic carbocycles. The Kier molecular flexibility index (Phi) is 4.97. The van der Waals surface area contributed by atoms with Gasteiger partial charge in [-0.1, -0.05) is 31.2 Å². The standard InChI is InChI=1S/C16H19BrN2/c1-3-13-4-6-14(7-5-13)8-9-18-16-10-12(2)15(17)11-19-16/h4-7,10-11H,3,8-9H2,1-2H3,(H,18,19). The van der Waals surface area contributed by atoms with Gasteiger partial charge in [-0.25, -0.2) is 4.98 Å². The van der Waals surface area contributed by atoms with Gasteiger partial charge in [0, 0.05) is 17.2 Å². The number of pyridine rings is 1. The largest absolute Gasteiger partial charge is 0.370 e. The minimum Gasteiger partial charge on any atom is -0.370 e. The third-order valence-corrected chi connectivity index (χ3v) is 4.03. The van der Waals surface area contributed by atoms with Crippen LogP contribution in [-0.4, -0.2) is 11.5 Å². The van der Waals surface area contributed by atoms with Gasteiger partial charge < -0.3 is 5.32 Å². The van der Waals surface area contributed by atoms with Crippen LogP contribution in [-0.2, 0) is 12.8 Å². The Bertz CT molecular complexity index is 535. The topological polar surface area (TPSA) is 24.9 Å². The third-order valence-electron chi connectivity index (χ3n) is 3.20. The summed E-state index contributed by atoms with van der Waals surface area (Å²) in [4.78, 5) is 4.34. The Morgan fingerprint density at radius 3 is 2.47 bits per heavy atom. The highest BCUT2D eigenvalue weighted by Crippen LogP contribution is 2.17. The lowest BCUT2D eigenvalue weighted by Crippen LogP contribution is -2.06. The predicted molar refractivity (Wildman–Crippen MR) is 84.7 cm³/mol. The van der Waals surface area contributed by atoms with Crippen molar-refractivity contribution >= 4 is 21.7 Å². The summed E-state index contributed by atoms with van der Waals surface area (Å²) in [6, 6.07) is 10.9. The maximum Gasteiger partial charge on any atom is 0.126 e. The number of rotatable bonds is 5. The Morgan fingerprint density at radius 2 is 1.84 bits per heavy atom. The summed E-state index contributed by atoms with van der Waals surface area (Å²) in [6.45, 7) is 5.15. The summed E-state index contributed by atoms with van der Waals surface area (Å²) in [5.41, 5.74) is 3.95. The summed E-state index contributed by atoms with van der Waals surface area (Å²) in [7, 11) is 0. The average molecular weight is 319 g/mol. The fraction of sp³-hybridized carbons (Fsp3) is 0.312. The summed E-state index contributed by atoms with van der Waals surface area (Å²) in [5, 5.41) is 3.36. The van der Waals surface area contributed by atoms with E-state index in [1.807, 2.05) is 6.20 Å². The fourth-order valence-corrected chi connectivity index (χ4v) is 2.13. The molecule has 19 heavy (non-hydrogen) atoms. The molecule has 0 fully saturated rings. The first-order valence-electron chi connectivity index (χ1n) is 6.63. The number of anilines is 1. The maximum atomic E-state index is 4.34. The smallest absolute Gasteiger partial charge is 0.126 e. The van der Waals surface area contributed by atoms with Crippen LogP contribution >= 0.6 is 15.9 Å². The molecule has 0 saturated carbocycles. The summed E-state index contributed by atoms with van der Waals surface area (Å²) < 4.78 is 1.05. The van der Waals surface area contributed by atoms with Crippen molar-refractivity contribution in [1.82, 2.24) is 4.98 Å². The van der Waals surface area contributed by atoms with Crippen LogP contribution in [0.5, 0.6) is 0 Å². The number of aromatic nitrogens is 1. The highest BCUT2D eigenvalue weighted by molar-refractivity contribution is 9.10. The SMILES string of the molecule is CCc1ccc(CCNc2cc(C)c(Br)cn2)cc1. The number of aryl methyl sites for hydroxylation is 2. The van der Waals surface area contributed by atoms with Crippen molar-refractivity contribution in [3.63, 3.8) is 0 Å². The lowest BCUT2D eigenvalue weighted by Gasteiger charge is -2.07. The van der Waals surface area contributed by atoms with E-state index < -0.39 is 0 Å². The van der Waals surface area contributed by atoms with Crippen molar-refractivity contribution in [2.45, 2.75) is 26.7 Å². The molecular weight excluding hydrogens is 300 g/mol. The summed E-state index contributed by atoms with van der Waals surface area (Å²) >= 11 is 3.46. The van der Waals surface area contributed by atoms with Crippen LogP contribution in [0.15, 0.2) is 41.0 Å². The van der Waals surface area contributed by atoms with Crippen molar-refractivity contribution in [3.8, 4) is 0 Å². The van der Waals surface area contributed by atoms with E-state index in [0.717, 1.165) is 29.7 Å². The number of hydrogen-bond donors (Lipinski definition) is 1. The Balaban J connectivity index is 1.86.